The highest BCUT2D eigenvalue weighted by molar-refractivity contribution is 7.98. The van der Waals surface area contributed by atoms with Gasteiger partial charge in [-0.25, -0.2) is 0 Å². The molecular weight excluding hydrogens is 334 g/mol. The standard InChI is InChI=1S/C20H23NO3S/c1-14(18-13-16(23-2)8-11-19(18)24-3)21-20(22)12-7-15-5-9-17(25-4)10-6-15/h5-14H,1-4H3,(H,21,22)/b12-7+. The maximum Gasteiger partial charge on any atom is 0.244 e. The van der Waals surface area contributed by atoms with Crippen LogP contribution in [0.15, 0.2) is 53.4 Å². The molecule has 25 heavy (non-hydrogen) atoms. The van der Waals surface area contributed by atoms with Crippen molar-refractivity contribution in [1.82, 2.24) is 5.32 Å². The van der Waals surface area contributed by atoms with Crippen molar-refractivity contribution >= 4 is 23.7 Å². The van der Waals surface area contributed by atoms with Gasteiger partial charge < -0.3 is 14.8 Å². The van der Waals surface area contributed by atoms with Crippen molar-refractivity contribution in [3.05, 3.63) is 59.7 Å². The summed E-state index contributed by atoms with van der Waals surface area (Å²) in [6.07, 6.45) is 5.37. The Labute approximate surface area is 153 Å². The van der Waals surface area contributed by atoms with Crippen LogP contribution in [0.1, 0.15) is 24.1 Å². The number of rotatable bonds is 7. The highest BCUT2D eigenvalue weighted by Crippen LogP contribution is 2.29. The smallest absolute Gasteiger partial charge is 0.244 e. The molecule has 0 aliphatic carbocycles. The molecule has 0 saturated carbocycles. The minimum Gasteiger partial charge on any atom is -0.497 e. The number of carbonyl (C=O) groups is 1. The molecule has 1 amide bonds. The van der Waals surface area contributed by atoms with Crippen LogP contribution in [0, 0.1) is 0 Å². The molecule has 0 fully saturated rings. The molecule has 0 saturated heterocycles. The number of hydrogen-bond donors (Lipinski definition) is 1. The van der Waals surface area contributed by atoms with E-state index in [0.29, 0.717) is 5.75 Å². The van der Waals surface area contributed by atoms with Crippen molar-refractivity contribution in [3.8, 4) is 11.5 Å². The predicted octanol–water partition coefficient (Wildman–Crippen LogP) is 4.32. The van der Waals surface area contributed by atoms with Crippen LogP contribution in [0.3, 0.4) is 0 Å². The summed E-state index contributed by atoms with van der Waals surface area (Å²) in [6.45, 7) is 1.91. The average Bonchev–Trinajstić information content (AvgIpc) is 2.66. The Kier molecular flexibility index (Phi) is 6.95. The summed E-state index contributed by atoms with van der Waals surface area (Å²) in [6, 6.07) is 13.4. The van der Waals surface area contributed by atoms with Crippen LogP contribution < -0.4 is 14.8 Å². The van der Waals surface area contributed by atoms with Crippen molar-refractivity contribution in [2.45, 2.75) is 17.9 Å². The number of methoxy groups -OCH3 is 2. The molecule has 0 aromatic heterocycles. The second kappa shape index (κ2) is 9.18. The molecule has 0 bridgehead atoms. The molecular formula is C20H23NO3S. The monoisotopic (exact) mass is 357 g/mol. The third kappa shape index (κ3) is 5.29. The Balaban J connectivity index is 2.05. The van der Waals surface area contributed by atoms with Gasteiger partial charge in [-0.2, -0.15) is 0 Å². The van der Waals surface area contributed by atoms with Gasteiger partial charge in [0.25, 0.3) is 0 Å². The quantitative estimate of drug-likeness (QED) is 0.592. The molecule has 4 nitrogen and oxygen atoms in total. The lowest BCUT2D eigenvalue weighted by Gasteiger charge is -2.17. The number of ether oxygens (including phenoxy) is 2. The first-order valence-corrected chi connectivity index (χ1v) is 9.14. The summed E-state index contributed by atoms with van der Waals surface area (Å²) in [5.41, 5.74) is 1.85. The normalized spacial score (nSPS) is 12.0. The van der Waals surface area contributed by atoms with Gasteiger partial charge in [0.05, 0.1) is 20.3 Å². The van der Waals surface area contributed by atoms with Gasteiger partial charge in [-0.15, -0.1) is 11.8 Å². The molecule has 0 spiro atoms. The van der Waals surface area contributed by atoms with Crippen LogP contribution in [0.4, 0.5) is 0 Å². The highest BCUT2D eigenvalue weighted by atomic mass is 32.2. The molecule has 132 valence electrons. The molecule has 2 aromatic rings. The van der Waals surface area contributed by atoms with E-state index in [1.807, 2.05) is 55.6 Å². The molecule has 0 aliphatic rings. The summed E-state index contributed by atoms with van der Waals surface area (Å²) < 4.78 is 10.6. The number of amides is 1. The molecule has 5 heteroatoms. The minimum atomic E-state index is -0.207. The maximum absolute atomic E-state index is 12.2. The Morgan fingerprint density at radius 1 is 1.12 bits per heavy atom. The van der Waals surface area contributed by atoms with Crippen molar-refractivity contribution in [1.29, 1.82) is 0 Å². The zero-order valence-electron chi connectivity index (χ0n) is 14.9. The van der Waals surface area contributed by atoms with E-state index in [0.717, 1.165) is 16.9 Å². The Morgan fingerprint density at radius 2 is 1.84 bits per heavy atom. The first-order chi connectivity index (χ1) is 12.1. The number of nitrogens with one attached hydrogen (secondary N) is 1. The Hall–Kier alpha value is -2.40. The van der Waals surface area contributed by atoms with E-state index in [9.17, 15) is 4.79 Å². The number of benzene rings is 2. The summed E-state index contributed by atoms with van der Waals surface area (Å²) in [4.78, 5) is 13.4. The zero-order chi connectivity index (χ0) is 18.2. The summed E-state index contributed by atoms with van der Waals surface area (Å²) in [5.74, 6) is 1.28. The molecule has 1 N–H and O–H groups in total. The molecule has 0 aliphatic heterocycles. The largest absolute Gasteiger partial charge is 0.497 e. The Bertz CT molecular complexity index is 741. The van der Waals surface area contributed by atoms with E-state index >= 15 is 0 Å². The van der Waals surface area contributed by atoms with Gasteiger partial charge in [0, 0.05) is 16.5 Å². The highest BCUT2D eigenvalue weighted by Gasteiger charge is 2.14. The van der Waals surface area contributed by atoms with Crippen molar-refractivity contribution < 1.29 is 14.3 Å². The lowest BCUT2D eigenvalue weighted by atomic mass is 10.1. The predicted molar refractivity (Wildman–Crippen MR) is 103 cm³/mol. The molecule has 0 heterocycles. The van der Waals surface area contributed by atoms with E-state index in [1.165, 1.54) is 11.0 Å². The van der Waals surface area contributed by atoms with E-state index < -0.39 is 0 Å². The lowest BCUT2D eigenvalue weighted by Crippen LogP contribution is -2.25. The summed E-state index contributed by atoms with van der Waals surface area (Å²) in [7, 11) is 3.22. The van der Waals surface area contributed by atoms with E-state index in [2.05, 4.69) is 5.32 Å². The third-order valence-corrected chi connectivity index (χ3v) is 4.55. The van der Waals surface area contributed by atoms with E-state index in [4.69, 9.17) is 9.47 Å². The van der Waals surface area contributed by atoms with Gasteiger partial charge >= 0.3 is 0 Å². The van der Waals surface area contributed by atoms with Crippen LogP contribution in [0.25, 0.3) is 6.08 Å². The van der Waals surface area contributed by atoms with E-state index in [1.54, 1.807) is 32.1 Å². The summed E-state index contributed by atoms with van der Waals surface area (Å²) >= 11 is 1.69. The molecule has 0 radical (unpaired) electrons. The molecule has 2 rings (SSSR count). The van der Waals surface area contributed by atoms with Crippen LogP contribution in [-0.4, -0.2) is 26.4 Å². The topological polar surface area (TPSA) is 47.6 Å². The maximum atomic E-state index is 12.2. The van der Waals surface area contributed by atoms with Crippen molar-refractivity contribution in [2.75, 3.05) is 20.5 Å². The van der Waals surface area contributed by atoms with Gasteiger partial charge in [-0.1, -0.05) is 12.1 Å². The van der Waals surface area contributed by atoms with E-state index in [-0.39, 0.29) is 11.9 Å². The molecule has 1 atom stereocenters. The van der Waals surface area contributed by atoms with Gasteiger partial charge in [0.1, 0.15) is 11.5 Å². The number of hydrogen-bond acceptors (Lipinski definition) is 4. The van der Waals surface area contributed by atoms with Gasteiger partial charge in [-0.3, -0.25) is 4.79 Å². The minimum absolute atomic E-state index is 0.161. The number of thioether (sulfide) groups is 1. The molecule has 1 unspecified atom stereocenters. The lowest BCUT2D eigenvalue weighted by molar-refractivity contribution is -0.117. The fraction of sp³-hybridized carbons (Fsp3) is 0.250. The third-order valence-electron chi connectivity index (χ3n) is 3.81. The fourth-order valence-electron chi connectivity index (χ4n) is 2.40. The fourth-order valence-corrected chi connectivity index (χ4v) is 2.81. The average molecular weight is 357 g/mol. The van der Waals surface area contributed by atoms with Gasteiger partial charge in [0.15, 0.2) is 0 Å². The van der Waals surface area contributed by atoms with Crippen LogP contribution in [-0.2, 0) is 4.79 Å². The number of carbonyl (C=O) groups excluding carboxylic acids is 1. The van der Waals surface area contributed by atoms with Crippen molar-refractivity contribution in [3.63, 3.8) is 0 Å². The van der Waals surface area contributed by atoms with Gasteiger partial charge in [0.2, 0.25) is 5.91 Å². The zero-order valence-corrected chi connectivity index (χ0v) is 15.7. The van der Waals surface area contributed by atoms with Crippen LogP contribution in [0.5, 0.6) is 11.5 Å². The van der Waals surface area contributed by atoms with Crippen molar-refractivity contribution in [2.24, 2.45) is 0 Å². The summed E-state index contributed by atoms with van der Waals surface area (Å²) in [5, 5.41) is 2.95. The second-order valence-corrected chi connectivity index (χ2v) is 6.32. The molecule has 2 aromatic carbocycles. The first kappa shape index (κ1) is 18.9. The SMILES string of the molecule is COc1ccc(OC)c(C(C)NC(=O)/C=C/c2ccc(SC)cc2)c1. The first-order valence-electron chi connectivity index (χ1n) is 7.92. The van der Waals surface area contributed by atoms with Crippen LogP contribution >= 0.6 is 11.8 Å². The second-order valence-electron chi connectivity index (χ2n) is 5.44. The Morgan fingerprint density at radius 3 is 2.44 bits per heavy atom. The van der Waals surface area contributed by atoms with Crippen LogP contribution in [0.2, 0.25) is 0 Å². The van der Waals surface area contributed by atoms with Gasteiger partial charge in [-0.05, 0) is 55.2 Å².